The minimum Gasteiger partial charge on any atom is -0.508 e. The zero-order valence-corrected chi connectivity index (χ0v) is 18.4. The molecule has 3 aromatic rings. The van der Waals surface area contributed by atoms with E-state index in [1.165, 1.54) is 17.8 Å². The van der Waals surface area contributed by atoms with Gasteiger partial charge in [-0.15, -0.1) is 0 Å². The Hall–Kier alpha value is -3.84. The van der Waals surface area contributed by atoms with E-state index in [2.05, 4.69) is 27.2 Å². The van der Waals surface area contributed by atoms with Crippen LogP contribution in [0.2, 0.25) is 0 Å². The summed E-state index contributed by atoms with van der Waals surface area (Å²) in [4.78, 5) is 29.8. The van der Waals surface area contributed by atoms with Crippen molar-refractivity contribution in [2.45, 2.75) is 6.04 Å². The summed E-state index contributed by atoms with van der Waals surface area (Å²) in [5.74, 6) is -0.434. The molecule has 0 radical (unpaired) electrons. The summed E-state index contributed by atoms with van der Waals surface area (Å²) in [6.45, 7) is 3.39. The number of rotatable bonds is 8. The van der Waals surface area contributed by atoms with Gasteiger partial charge >= 0.3 is 0 Å². The maximum Gasteiger partial charge on any atom is 0.250 e. The molecule has 1 amide bonds. The van der Waals surface area contributed by atoms with Crippen LogP contribution in [-0.4, -0.2) is 60.5 Å². The number of hydrogen-bond acceptors (Lipinski definition) is 6. The minimum atomic E-state index is -0.518. The van der Waals surface area contributed by atoms with Crippen LogP contribution in [0.3, 0.4) is 0 Å². The zero-order chi connectivity index (χ0) is 23.2. The van der Waals surface area contributed by atoms with E-state index >= 15 is 0 Å². The van der Waals surface area contributed by atoms with Gasteiger partial charge in [0.1, 0.15) is 5.75 Å². The Morgan fingerprint density at radius 1 is 0.879 bits per heavy atom. The lowest BCUT2D eigenvalue weighted by Gasteiger charge is -2.40. The number of amides is 1. The van der Waals surface area contributed by atoms with Gasteiger partial charge in [0.2, 0.25) is 0 Å². The van der Waals surface area contributed by atoms with Gasteiger partial charge in [-0.2, -0.15) is 0 Å². The number of phenols is 1. The highest BCUT2D eigenvalue weighted by atomic mass is 16.3. The first kappa shape index (κ1) is 22.4. The fraction of sp³-hybridized carbons (Fsp3) is 0.231. The van der Waals surface area contributed by atoms with Crippen LogP contribution in [0.1, 0.15) is 20.7 Å². The predicted octanol–water partition coefficient (Wildman–Crippen LogP) is 2.98. The quantitative estimate of drug-likeness (QED) is 0.462. The van der Waals surface area contributed by atoms with Crippen LogP contribution in [0, 0.1) is 0 Å². The molecule has 7 heteroatoms. The smallest absolute Gasteiger partial charge is 0.250 e. The molecule has 0 aliphatic carbocycles. The van der Waals surface area contributed by atoms with Gasteiger partial charge in [-0.25, -0.2) is 0 Å². The van der Waals surface area contributed by atoms with Crippen molar-refractivity contribution in [1.29, 1.82) is 0 Å². The van der Waals surface area contributed by atoms with Crippen LogP contribution in [0.25, 0.3) is 0 Å². The van der Waals surface area contributed by atoms with Gasteiger partial charge in [-0.3, -0.25) is 14.5 Å². The highest BCUT2D eigenvalue weighted by molar-refractivity contribution is 6.01. The van der Waals surface area contributed by atoms with Crippen molar-refractivity contribution in [2.24, 2.45) is 5.73 Å². The number of carbonyl (C=O) groups is 2. The van der Waals surface area contributed by atoms with E-state index in [-0.39, 0.29) is 11.5 Å². The Labute approximate surface area is 193 Å². The third-order valence-corrected chi connectivity index (χ3v) is 6.01. The number of nitrogens with one attached hydrogen (secondary N) is 1. The maximum atomic E-state index is 13.5. The first-order valence-corrected chi connectivity index (χ1v) is 11.0. The summed E-state index contributed by atoms with van der Waals surface area (Å²) >= 11 is 0. The molecule has 33 heavy (non-hydrogen) atoms. The average Bonchev–Trinajstić information content (AvgIpc) is 2.85. The Kier molecular flexibility index (Phi) is 6.90. The van der Waals surface area contributed by atoms with Crippen LogP contribution < -0.4 is 16.0 Å². The fourth-order valence-electron chi connectivity index (χ4n) is 4.20. The van der Waals surface area contributed by atoms with Gasteiger partial charge in [-0.1, -0.05) is 30.3 Å². The van der Waals surface area contributed by atoms with Gasteiger partial charge < -0.3 is 21.1 Å². The molecule has 1 fully saturated rings. The third-order valence-electron chi connectivity index (χ3n) is 6.01. The van der Waals surface area contributed by atoms with Crippen LogP contribution in [0.5, 0.6) is 5.75 Å². The first-order valence-electron chi connectivity index (χ1n) is 11.0. The topological polar surface area (TPSA) is 98.9 Å². The second-order valence-corrected chi connectivity index (χ2v) is 8.08. The van der Waals surface area contributed by atoms with Crippen molar-refractivity contribution in [1.82, 2.24) is 4.90 Å². The summed E-state index contributed by atoms with van der Waals surface area (Å²) in [7, 11) is 0. The van der Waals surface area contributed by atoms with Crippen LogP contribution in [-0.2, 0) is 0 Å². The number of ketones is 1. The highest BCUT2D eigenvalue weighted by Gasteiger charge is 2.30. The molecule has 0 spiro atoms. The van der Waals surface area contributed by atoms with Crippen molar-refractivity contribution in [3.05, 3.63) is 90.0 Å². The number of nitrogens with zero attached hydrogens (tertiary/aromatic N) is 2. The number of Topliss-reactive ketones (excluding diaryl/α,β-unsaturated/α-hetero) is 1. The summed E-state index contributed by atoms with van der Waals surface area (Å²) in [5.41, 5.74) is 8.22. The molecule has 0 aromatic heterocycles. The molecular weight excluding hydrogens is 416 g/mol. The van der Waals surface area contributed by atoms with Crippen LogP contribution >= 0.6 is 0 Å². The SMILES string of the molecule is NC(=O)c1ccccc1NCC(C(=O)c1ccc(O)cc1)N1CCN(c2ccccc2)CC1. The zero-order valence-electron chi connectivity index (χ0n) is 18.4. The average molecular weight is 445 g/mol. The first-order chi connectivity index (χ1) is 16.0. The minimum absolute atomic E-state index is 0.0350. The molecule has 7 nitrogen and oxygen atoms in total. The molecule has 0 bridgehead atoms. The lowest BCUT2D eigenvalue weighted by molar-refractivity contribution is 0.0822. The van der Waals surface area contributed by atoms with Crippen molar-refractivity contribution in [3.63, 3.8) is 0 Å². The Bertz CT molecular complexity index is 1090. The van der Waals surface area contributed by atoms with E-state index in [4.69, 9.17) is 5.73 Å². The van der Waals surface area contributed by atoms with Gasteiger partial charge in [-0.05, 0) is 48.5 Å². The molecule has 0 saturated carbocycles. The standard InChI is InChI=1S/C26H28N4O3/c27-26(33)22-8-4-5-9-23(22)28-18-24(25(32)19-10-12-21(31)13-11-19)30-16-14-29(15-17-30)20-6-2-1-3-7-20/h1-13,24,28,31H,14-18H2,(H2,27,33). The number of carbonyl (C=O) groups excluding carboxylic acids is 2. The van der Waals surface area contributed by atoms with Crippen molar-refractivity contribution in [2.75, 3.05) is 42.9 Å². The van der Waals surface area contributed by atoms with E-state index < -0.39 is 11.9 Å². The number of aromatic hydroxyl groups is 1. The van der Waals surface area contributed by atoms with E-state index in [9.17, 15) is 14.7 Å². The van der Waals surface area contributed by atoms with E-state index in [0.29, 0.717) is 23.4 Å². The molecule has 4 N–H and O–H groups in total. The van der Waals surface area contributed by atoms with Gasteiger partial charge in [0.05, 0.1) is 11.6 Å². The fourth-order valence-corrected chi connectivity index (χ4v) is 4.20. The van der Waals surface area contributed by atoms with Crippen LogP contribution in [0.15, 0.2) is 78.9 Å². The molecule has 1 heterocycles. The second kappa shape index (κ2) is 10.2. The van der Waals surface area contributed by atoms with Crippen molar-refractivity contribution >= 4 is 23.1 Å². The number of phenolic OH excluding ortho intramolecular Hbond substituents is 1. The number of benzene rings is 3. The van der Waals surface area contributed by atoms with Crippen molar-refractivity contribution < 1.29 is 14.7 Å². The molecule has 1 aliphatic heterocycles. The van der Waals surface area contributed by atoms with Gasteiger partial charge in [0.25, 0.3) is 5.91 Å². The summed E-state index contributed by atoms with van der Waals surface area (Å²) in [5, 5.41) is 12.9. The van der Waals surface area contributed by atoms with Gasteiger partial charge in [0, 0.05) is 49.7 Å². The lowest BCUT2D eigenvalue weighted by atomic mass is 10.0. The molecule has 1 unspecified atom stereocenters. The molecule has 1 saturated heterocycles. The number of primary amides is 1. The van der Waals surface area contributed by atoms with Gasteiger partial charge in [0.15, 0.2) is 5.78 Å². The monoisotopic (exact) mass is 444 g/mol. The Morgan fingerprint density at radius 2 is 1.52 bits per heavy atom. The molecule has 3 aromatic carbocycles. The number of nitrogens with two attached hydrogens (primary N) is 1. The van der Waals surface area contributed by atoms with E-state index in [1.807, 2.05) is 24.3 Å². The molecule has 1 aliphatic rings. The summed E-state index contributed by atoms with van der Waals surface area (Å²) in [6.07, 6.45) is 0. The number of anilines is 2. The van der Waals surface area contributed by atoms with E-state index in [0.717, 1.165) is 26.2 Å². The molecule has 170 valence electrons. The number of para-hydroxylation sites is 2. The summed E-state index contributed by atoms with van der Waals surface area (Å²) < 4.78 is 0. The normalized spacial score (nSPS) is 15.1. The maximum absolute atomic E-state index is 13.5. The number of hydrogen-bond donors (Lipinski definition) is 3. The Morgan fingerprint density at radius 3 is 2.18 bits per heavy atom. The Balaban J connectivity index is 1.52. The number of piperazine rings is 1. The largest absolute Gasteiger partial charge is 0.508 e. The predicted molar refractivity (Wildman–Crippen MR) is 130 cm³/mol. The second-order valence-electron chi connectivity index (χ2n) is 8.08. The van der Waals surface area contributed by atoms with Crippen LogP contribution in [0.4, 0.5) is 11.4 Å². The summed E-state index contributed by atoms with van der Waals surface area (Å²) in [6, 6.07) is 23.2. The lowest BCUT2D eigenvalue weighted by Crippen LogP contribution is -2.55. The van der Waals surface area contributed by atoms with Crippen molar-refractivity contribution in [3.8, 4) is 5.75 Å². The highest BCUT2D eigenvalue weighted by Crippen LogP contribution is 2.21. The molecule has 1 atom stereocenters. The third kappa shape index (κ3) is 5.32. The molecular formula is C26H28N4O3. The van der Waals surface area contributed by atoms with E-state index in [1.54, 1.807) is 30.3 Å². The molecule has 4 rings (SSSR count).